The molecule has 0 amide bonds. The number of rotatable bonds is 7. The van der Waals surface area contributed by atoms with E-state index in [9.17, 15) is 0 Å². The van der Waals surface area contributed by atoms with Crippen LogP contribution in [0, 0.1) is 0 Å². The molecule has 2 rings (SSSR count). The molecule has 0 radical (unpaired) electrons. The Labute approximate surface area is 112 Å². The Morgan fingerprint density at radius 2 is 2.22 bits per heavy atom. The fourth-order valence-electron chi connectivity index (χ4n) is 1.97. The van der Waals surface area contributed by atoms with E-state index < -0.39 is 0 Å². The second-order valence-corrected chi connectivity index (χ2v) is 5.16. The molecule has 0 aromatic carbocycles. The Bertz CT molecular complexity index is 449. The average molecular weight is 264 g/mol. The van der Waals surface area contributed by atoms with Crippen molar-refractivity contribution in [3.8, 4) is 0 Å². The first-order chi connectivity index (χ1) is 8.86. The summed E-state index contributed by atoms with van der Waals surface area (Å²) in [5.74, 6) is 0.950. The summed E-state index contributed by atoms with van der Waals surface area (Å²) in [6.45, 7) is 5.35. The molecule has 0 saturated carbocycles. The van der Waals surface area contributed by atoms with Crippen molar-refractivity contribution in [2.45, 2.75) is 39.2 Å². The molecule has 0 aliphatic rings. The predicted octanol–water partition coefficient (Wildman–Crippen LogP) is 3.55. The molecule has 1 unspecified atom stereocenters. The van der Waals surface area contributed by atoms with Crippen LogP contribution in [-0.4, -0.2) is 21.1 Å². The molecular formula is C13H20N4S. The molecule has 0 aliphatic heterocycles. The quantitative estimate of drug-likeness (QED) is 0.778. The number of nitrogens with one attached hydrogen (secondary N) is 1. The first-order valence-corrected chi connectivity index (χ1v) is 7.40. The number of anilines is 1. The zero-order valence-electron chi connectivity index (χ0n) is 11.0. The van der Waals surface area contributed by atoms with E-state index in [4.69, 9.17) is 0 Å². The summed E-state index contributed by atoms with van der Waals surface area (Å²) < 4.78 is 2.19. The number of hydrogen-bond donors (Lipinski definition) is 1. The van der Waals surface area contributed by atoms with Crippen molar-refractivity contribution in [1.29, 1.82) is 0 Å². The maximum absolute atomic E-state index is 4.42. The van der Waals surface area contributed by atoms with E-state index in [0.29, 0.717) is 0 Å². The third-order valence-electron chi connectivity index (χ3n) is 2.94. The Kier molecular flexibility index (Phi) is 4.75. The van der Waals surface area contributed by atoms with Gasteiger partial charge in [-0.3, -0.25) is 0 Å². The van der Waals surface area contributed by atoms with E-state index in [1.807, 2.05) is 24.0 Å². The monoisotopic (exact) mass is 264 g/mol. The highest BCUT2D eigenvalue weighted by Crippen LogP contribution is 2.26. The molecule has 98 valence electrons. The minimum atomic E-state index is 0.289. The van der Waals surface area contributed by atoms with Gasteiger partial charge in [0, 0.05) is 30.5 Å². The molecule has 0 spiro atoms. The van der Waals surface area contributed by atoms with E-state index in [1.165, 1.54) is 12.8 Å². The van der Waals surface area contributed by atoms with Crippen molar-refractivity contribution < 1.29 is 0 Å². The van der Waals surface area contributed by atoms with Crippen molar-refractivity contribution >= 4 is 17.3 Å². The molecule has 1 atom stereocenters. The van der Waals surface area contributed by atoms with Crippen molar-refractivity contribution in [2.75, 3.05) is 11.9 Å². The number of imidazole rings is 1. The van der Waals surface area contributed by atoms with Gasteiger partial charge >= 0.3 is 0 Å². The maximum atomic E-state index is 4.42. The highest BCUT2D eigenvalue weighted by molar-refractivity contribution is 7.09. The van der Waals surface area contributed by atoms with E-state index in [1.54, 1.807) is 11.3 Å². The lowest BCUT2D eigenvalue weighted by atomic mass is 10.2. The van der Waals surface area contributed by atoms with E-state index in [2.05, 4.69) is 33.7 Å². The molecule has 5 heteroatoms. The SMILES string of the molecule is CCCCNc1nccn1C(CC)c1nccs1. The van der Waals surface area contributed by atoms with Gasteiger partial charge in [-0.2, -0.15) is 0 Å². The Balaban J connectivity index is 2.13. The van der Waals surface area contributed by atoms with E-state index in [0.717, 1.165) is 23.9 Å². The van der Waals surface area contributed by atoms with Crippen LogP contribution in [0.4, 0.5) is 5.95 Å². The van der Waals surface area contributed by atoms with Gasteiger partial charge in [-0.15, -0.1) is 11.3 Å². The fourth-order valence-corrected chi connectivity index (χ4v) is 2.79. The molecule has 2 aromatic heterocycles. The minimum absolute atomic E-state index is 0.289. The highest BCUT2D eigenvalue weighted by atomic mass is 32.1. The molecular weight excluding hydrogens is 244 g/mol. The van der Waals surface area contributed by atoms with Gasteiger partial charge in [0.2, 0.25) is 5.95 Å². The van der Waals surface area contributed by atoms with Crippen molar-refractivity contribution in [3.05, 3.63) is 29.0 Å². The lowest BCUT2D eigenvalue weighted by Gasteiger charge is -2.17. The van der Waals surface area contributed by atoms with Crippen LogP contribution in [-0.2, 0) is 0 Å². The van der Waals surface area contributed by atoms with E-state index >= 15 is 0 Å². The largest absolute Gasteiger partial charge is 0.356 e. The Hall–Kier alpha value is -1.36. The van der Waals surface area contributed by atoms with Gasteiger partial charge in [0.1, 0.15) is 5.01 Å². The molecule has 1 N–H and O–H groups in total. The van der Waals surface area contributed by atoms with Crippen molar-refractivity contribution in [3.63, 3.8) is 0 Å². The Morgan fingerprint density at radius 3 is 2.89 bits per heavy atom. The summed E-state index contributed by atoms with van der Waals surface area (Å²) >= 11 is 1.70. The molecule has 18 heavy (non-hydrogen) atoms. The van der Waals surface area contributed by atoms with Crippen LogP contribution in [0.3, 0.4) is 0 Å². The van der Waals surface area contributed by atoms with Crippen molar-refractivity contribution in [2.24, 2.45) is 0 Å². The molecule has 0 bridgehead atoms. The first-order valence-electron chi connectivity index (χ1n) is 6.52. The van der Waals surface area contributed by atoms with E-state index in [-0.39, 0.29) is 6.04 Å². The second kappa shape index (κ2) is 6.54. The van der Waals surface area contributed by atoms with Gasteiger partial charge in [0.15, 0.2) is 0 Å². The summed E-state index contributed by atoms with van der Waals surface area (Å²) in [5.41, 5.74) is 0. The predicted molar refractivity (Wildman–Crippen MR) is 76.2 cm³/mol. The van der Waals surface area contributed by atoms with Crippen LogP contribution in [0.5, 0.6) is 0 Å². The van der Waals surface area contributed by atoms with Gasteiger partial charge in [-0.25, -0.2) is 9.97 Å². The Morgan fingerprint density at radius 1 is 1.33 bits per heavy atom. The zero-order valence-corrected chi connectivity index (χ0v) is 11.8. The third-order valence-corrected chi connectivity index (χ3v) is 3.82. The normalized spacial score (nSPS) is 12.6. The van der Waals surface area contributed by atoms with Gasteiger partial charge in [-0.05, 0) is 12.8 Å². The van der Waals surface area contributed by atoms with Crippen LogP contribution in [0.1, 0.15) is 44.2 Å². The standard InChI is InChI=1S/C13H20N4S/c1-3-5-6-15-13-16-7-9-17(13)11(4-2)12-14-8-10-18-12/h7-11H,3-6H2,1-2H3,(H,15,16). The number of unbranched alkanes of at least 4 members (excludes halogenated alkanes) is 1. The summed E-state index contributed by atoms with van der Waals surface area (Å²) in [6, 6.07) is 0.289. The summed E-state index contributed by atoms with van der Waals surface area (Å²) in [5, 5.41) is 6.57. The van der Waals surface area contributed by atoms with Crippen LogP contribution >= 0.6 is 11.3 Å². The van der Waals surface area contributed by atoms with Crippen LogP contribution in [0.25, 0.3) is 0 Å². The fraction of sp³-hybridized carbons (Fsp3) is 0.538. The number of nitrogens with zero attached hydrogens (tertiary/aromatic N) is 3. The number of aromatic nitrogens is 3. The average Bonchev–Trinajstić information content (AvgIpc) is 3.03. The summed E-state index contributed by atoms with van der Waals surface area (Å²) in [4.78, 5) is 8.82. The lowest BCUT2D eigenvalue weighted by Crippen LogP contribution is -2.14. The van der Waals surface area contributed by atoms with Crippen LogP contribution in [0.2, 0.25) is 0 Å². The van der Waals surface area contributed by atoms with Gasteiger partial charge < -0.3 is 9.88 Å². The zero-order chi connectivity index (χ0) is 12.8. The van der Waals surface area contributed by atoms with Gasteiger partial charge in [0.05, 0.1) is 6.04 Å². The number of thiazole rings is 1. The lowest BCUT2D eigenvalue weighted by molar-refractivity contribution is 0.567. The molecule has 2 aromatic rings. The smallest absolute Gasteiger partial charge is 0.203 e. The highest BCUT2D eigenvalue weighted by Gasteiger charge is 2.16. The molecule has 0 fully saturated rings. The molecule has 2 heterocycles. The minimum Gasteiger partial charge on any atom is -0.356 e. The van der Waals surface area contributed by atoms with Crippen LogP contribution in [0.15, 0.2) is 24.0 Å². The van der Waals surface area contributed by atoms with Gasteiger partial charge in [-0.1, -0.05) is 20.3 Å². The topological polar surface area (TPSA) is 42.7 Å². The van der Waals surface area contributed by atoms with Crippen LogP contribution < -0.4 is 5.32 Å². The summed E-state index contributed by atoms with van der Waals surface area (Å²) in [6.07, 6.45) is 9.13. The number of hydrogen-bond acceptors (Lipinski definition) is 4. The van der Waals surface area contributed by atoms with Gasteiger partial charge in [0.25, 0.3) is 0 Å². The maximum Gasteiger partial charge on any atom is 0.203 e. The molecule has 4 nitrogen and oxygen atoms in total. The molecule has 0 saturated heterocycles. The molecule has 0 aliphatic carbocycles. The van der Waals surface area contributed by atoms with Crippen molar-refractivity contribution in [1.82, 2.24) is 14.5 Å². The second-order valence-electron chi connectivity index (χ2n) is 4.23. The summed E-state index contributed by atoms with van der Waals surface area (Å²) in [7, 11) is 0. The third kappa shape index (κ3) is 2.90. The first kappa shape index (κ1) is 13.1.